The van der Waals surface area contributed by atoms with Gasteiger partial charge in [-0.25, -0.2) is 0 Å². The van der Waals surface area contributed by atoms with Crippen LogP contribution >= 0.6 is 0 Å². The van der Waals surface area contributed by atoms with Crippen LogP contribution in [0.25, 0.3) is 0 Å². The first-order valence-electron chi connectivity index (χ1n) is 4.87. The summed E-state index contributed by atoms with van der Waals surface area (Å²) in [5, 5.41) is 11.1. The number of hydrogen-bond acceptors (Lipinski definition) is 3. The van der Waals surface area contributed by atoms with E-state index in [1.54, 1.807) is 0 Å². The molecule has 4 nitrogen and oxygen atoms in total. The molecule has 0 unspecified atom stereocenters. The Hall–Kier alpha value is -0.770. The van der Waals surface area contributed by atoms with E-state index < -0.39 is 0 Å². The first-order chi connectivity index (χ1) is 6.33. The van der Waals surface area contributed by atoms with Gasteiger partial charge in [0.15, 0.2) is 0 Å². The van der Waals surface area contributed by atoms with Crippen molar-refractivity contribution in [2.75, 3.05) is 13.2 Å². The maximum atomic E-state index is 8.25. The van der Waals surface area contributed by atoms with Gasteiger partial charge in [-0.15, -0.1) is 0 Å². The molecule has 0 heterocycles. The van der Waals surface area contributed by atoms with Crippen molar-refractivity contribution in [3.05, 3.63) is 0 Å². The average molecular weight is 186 g/mol. The summed E-state index contributed by atoms with van der Waals surface area (Å²) in [5.41, 5.74) is 5.31. The minimum absolute atomic E-state index is 0.308. The molecule has 13 heavy (non-hydrogen) atoms. The van der Waals surface area contributed by atoms with E-state index in [0.29, 0.717) is 12.3 Å². The van der Waals surface area contributed by atoms with E-state index in [-0.39, 0.29) is 0 Å². The van der Waals surface area contributed by atoms with Crippen molar-refractivity contribution in [1.82, 2.24) is 0 Å². The fraction of sp³-hybridized carbons (Fsp3) is 0.889. The van der Waals surface area contributed by atoms with Gasteiger partial charge in [-0.1, -0.05) is 5.16 Å². The van der Waals surface area contributed by atoms with Gasteiger partial charge in [-0.2, -0.15) is 0 Å². The van der Waals surface area contributed by atoms with Crippen molar-refractivity contribution in [2.45, 2.75) is 32.1 Å². The highest BCUT2D eigenvalue weighted by Crippen LogP contribution is 2.28. The lowest BCUT2D eigenvalue weighted by atomic mass is 10.2. The van der Waals surface area contributed by atoms with Crippen molar-refractivity contribution >= 4 is 5.84 Å². The molecule has 0 spiro atoms. The molecule has 1 aliphatic rings. The van der Waals surface area contributed by atoms with Gasteiger partial charge in [-0.05, 0) is 31.6 Å². The van der Waals surface area contributed by atoms with Crippen LogP contribution in [0.3, 0.4) is 0 Å². The van der Waals surface area contributed by atoms with Crippen LogP contribution in [0, 0.1) is 5.92 Å². The average Bonchev–Trinajstić information content (AvgIpc) is 2.94. The highest BCUT2D eigenvalue weighted by Gasteiger charge is 2.20. The largest absolute Gasteiger partial charge is 0.409 e. The van der Waals surface area contributed by atoms with Crippen LogP contribution in [0.2, 0.25) is 0 Å². The molecule has 76 valence electrons. The van der Waals surface area contributed by atoms with Crippen molar-refractivity contribution in [2.24, 2.45) is 16.8 Å². The highest BCUT2D eigenvalue weighted by atomic mass is 16.5. The second kappa shape index (κ2) is 5.80. The van der Waals surface area contributed by atoms with Crippen LogP contribution in [-0.2, 0) is 4.74 Å². The number of nitrogens with zero attached hydrogens (tertiary/aromatic N) is 1. The third-order valence-corrected chi connectivity index (χ3v) is 2.15. The summed E-state index contributed by atoms with van der Waals surface area (Å²) in [6.07, 6.45) is 5.25. The molecule has 0 amide bonds. The Labute approximate surface area is 78.7 Å². The Morgan fingerprint density at radius 2 is 2.23 bits per heavy atom. The van der Waals surface area contributed by atoms with Crippen molar-refractivity contribution in [1.29, 1.82) is 0 Å². The maximum absolute atomic E-state index is 8.25. The van der Waals surface area contributed by atoms with Gasteiger partial charge < -0.3 is 15.7 Å². The summed E-state index contributed by atoms with van der Waals surface area (Å²) in [6.45, 7) is 1.72. The van der Waals surface area contributed by atoms with E-state index >= 15 is 0 Å². The zero-order chi connectivity index (χ0) is 9.52. The molecule has 1 fully saturated rings. The molecular formula is C9H18N2O2. The van der Waals surface area contributed by atoms with E-state index in [0.717, 1.165) is 32.0 Å². The fourth-order valence-corrected chi connectivity index (χ4v) is 1.09. The smallest absolute Gasteiger partial charge is 0.139 e. The van der Waals surface area contributed by atoms with Gasteiger partial charge in [0.25, 0.3) is 0 Å². The first-order valence-corrected chi connectivity index (χ1v) is 4.87. The molecule has 0 aromatic carbocycles. The number of oxime groups is 1. The second-order valence-corrected chi connectivity index (χ2v) is 3.57. The van der Waals surface area contributed by atoms with Crippen LogP contribution in [0.15, 0.2) is 5.16 Å². The molecule has 0 aromatic rings. The zero-order valence-electron chi connectivity index (χ0n) is 7.91. The minimum atomic E-state index is 0.308. The summed E-state index contributed by atoms with van der Waals surface area (Å²) in [7, 11) is 0. The molecule has 0 aromatic heterocycles. The van der Waals surface area contributed by atoms with Gasteiger partial charge >= 0.3 is 0 Å². The lowest BCUT2D eigenvalue weighted by Crippen LogP contribution is -2.11. The van der Waals surface area contributed by atoms with Crippen LogP contribution in [0.5, 0.6) is 0 Å². The van der Waals surface area contributed by atoms with Crippen molar-refractivity contribution < 1.29 is 9.94 Å². The molecule has 4 heteroatoms. The molecule has 1 saturated carbocycles. The Bertz CT molecular complexity index is 167. The highest BCUT2D eigenvalue weighted by molar-refractivity contribution is 5.79. The SMILES string of the molecule is NC(CCCCOCC1CC1)=NO. The van der Waals surface area contributed by atoms with E-state index in [1.807, 2.05) is 0 Å². The van der Waals surface area contributed by atoms with Gasteiger partial charge in [0.05, 0.1) is 0 Å². The molecule has 0 bridgehead atoms. The summed E-state index contributed by atoms with van der Waals surface area (Å²) in [4.78, 5) is 0. The standard InChI is InChI=1S/C9H18N2O2/c10-9(11-12)3-1-2-6-13-7-8-4-5-8/h8,12H,1-7H2,(H2,10,11). The summed E-state index contributed by atoms with van der Waals surface area (Å²) in [6, 6.07) is 0. The topological polar surface area (TPSA) is 67.8 Å². The quantitative estimate of drug-likeness (QED) is 0.207. The number of unbranched alkanes of at least 4 members (excludes halogenated alkanes) is 1. The normalized spacial score (nSPS) is 17.7. The van der Waals surface area contributed by atoms with Crippen LogP contribution < -0.4 is 5.73 Å². The summed E-state index contributed by atoms with van der Waals surface area (Å²) >= 11 is 0. The number of nitrogens with two attached hydrogens (primary N) is 1. The predicted molar refractivity (Wildman–Crippen MR) is 50.8 cm³/mol. The van der Waals surface area contributed by atoms with Gasteiger partial charge in [-0.3, -0.25) is 0 Å². The minimum Gasteiger partial charge on any atom is -0.409 e. The number of hydrogen-bond donors (Lipinski definition) is 2. The number of amidine groups is 1. The molecular weight excluding hydrogens is 168 g/mol. The van der Waals surface area contributed by atoms with E-state index in [4.69, 9.17) is 15.7 Å². The lowest BCUT2D eigenvalue weighted by Gasteiger charge is -2.02. The summed E-state index contributed by atoms with van der Waals surface area (Å²) < 4.78 is 5.43. The number of rotatable bonds is 7. The van der Waals surface area contributed by atoms with Crippen molar-refractivity contribution in [3.8, 4) is 0 Å². The Balaban J connectivity index is 1.77. The van der Waals surface area contributed by atoms with E-state index in [9.17, 15) is 0 Å². The molecule has 1 aliphatic carbocycles. The van der Waals surface area contributed by atoms with Crippen molar-refractivity contribution in [3.63, 3.8) is 0 Å². The van der Waals surface area contributed by atoms with Crippen LogP contribution in [0.4, 0.5) is 0 Å². The van der Waals surface area contributed by atoms with Crippen LogP contribution in [0.1, 0.15) is 32.1 Å². The molecule has 0 saturated heterocycles. The Morgan fingerprint density at radius 3 is 2.85 bits per heavy atom. The monoisotopic (exact) mass is 186 g/mol. The maximum Gasteiger partial charge on any atom is 0.139 e. The van der Waals surface area contributed by atoms with Gasteiger partial charge in [0.2, 0.25) is 0 Å². The predicted octanol–water partition coefficient (Wildman–Crippen LogP) is 1.33. The molecule has 0 radical (unpaired) electrons. The zero-order valence-corrected chi connectivity index (χ0v) is 7.91. The summed E-state index contributed by atoms with van der Waals surface area (Å²) in [5.74, 6) is 1.14. The first kappa shape index (κ1) is 10.3. The van der Waals surface area contributed by atoms with Crippen LogP contribution in [-0.4, -0.2) is 24.3 Å². The Morgan fingerprint density at radius 1 is 1.46 bits per heavy atom. The molecule has 0 atom stereocenters. The molecule has 0 aliphatic heterocycles. The van der Waals surface area contributed by atoms with Gasteiger partial charge in [0.1, 0.15) is 5.84 Å². The van der Waals surface area contributed by atoms with E-state index in [2.05, 4.69) is 5.16 Å². The molecule has 1 rings (SSSR count). The lowest BCUT2D eigenvalue weighted by molar-refractivity contribution is 0.121. The number of ether oxygens (including phenoxy) is 1. The second-order valence-electron chi connectivity index (χ2n) is 3.57. The third kappa shape index (κ3) is 5.47. The fourth-order valence-electron chi connectivity index (χ4n) is 1.09. The third-order valence-electron chi connectivity index (χ3n) is 2.15. The Kier molecular flexibility index (Phi) is 4.60. The molecule has 3 N–H and O–H groups in total. The van der Waals surface area contributed by atoms with E-state index in [1.165, 1.54) is 12.8 Å². The van der Waals surface area contributed by atoms with Gasteiger partial charge in [0, 0.05) is 19.6 Å².